The predicted molar refractivity (Wildman–Crippen MR) is 114 cm³/mol. The van der Waals surface area contributed by atoms with E-state index in [0.29, 0.717) is 12.5 Å². The number of sulfonamides is 1. The Labute approximate surface area is 193 Å². The lowest BCUT2D eigenvalue weighted by Crippen LogP contribution is -2.53. The van der Waals surface area contributed by atoms with Crippen LogP contribution in [0, 0.1) is 23.4 Å². The van der Waals surface area contributed by atoms with Crippen LogP contribution in [0.15, 0.2) is 36.4 Å². The second-order valence-electron chi connectivity index (χ2n) is 8.58. The normalized spacial score (nSPS) is 23.8. The number of hydrogen-bond donors (Lipinski definition) is 2. The third kappa shape index (κ3) is 5.17. The van der Waals surface area contributed by atoms with E-state index in [4.69, 9.17) is 0 Å². The van der Waals surface area contributed by atoms with Crippen molar-refractivity contribution in [2.45, 2.75) is 37.4 Å². The number of carbonyl (C=O) groups is 1. The van der Waals surface area contributed by atoms with Gasteiger partial charge in [-0.3, -0.25) is 0 Å². The summed E-state index contributed by atoms with van der Waals surface area (Å²) < 4.78 is 94.4. The van der Waals surface area contributed by atoms with Gasteiger partial charge in [0.25, 0.3) is 6.43 Å². The molecule has 1 aliphatic carbocycles. The van der Waals surface area contributed by atoms with E-state index in [9.17, 15) is 30.8 Å². The van der Waals surface area contributed by atoms with Crippen molar-refractivity contribution in [1.29, 1.82) is 0 Å². The molecule has 0 bridgehead atoms. The van der Waals surface area contributed by atoms with Crippen LogP contribution in [0.5, 0.6) is 0 Å². The van der Waals surface area contributed by atoms with Crippen LogP contribution in [0.2, 0.25) is 0 Å². The van der Waals surface area contributed by atoms with Crippen molar-refractivity contribution in [3.8, 4) is 11.1 Å². The van der Waals surface area contributed by atoms with Gasteiger partial charge in [0.05, 0.1) is 18.8 Å². The lowest BCUT2D eigenvalue weighted by Gasteiger charge is -2.32. The van der Waals surface area contributed by atoms with Crippen LogP contribution in [-0.2, 0) is 16.4 Å². The molecule has 2 fully saturated rings. The molecule has 1 aliphatic heterocycles. The smallest absolute Gasteiger partial charge is 0.318 e. The fraction of sp³-hybridized carbons (Fsp3) is 0.409. The Bertz CT molecular complexity index is 1190. The van der Waals surface area contributed by atoms with Crippen LogP contribution in [0.3, 0.4) is 0 Å². The van der Waals surface area contributed by atoms with Crippen molar-refractivity contribution in [3.05, 3.63) is 59.4 Å². The first kappa shape index (κ1) is 24.4. The first-order chi connectivity index (χ1) is 15.9. The minimum Gasteiger partial charge on any atom is -0.332 e. The maximum atomic E-state index is 15.4. The minimum absolute atomic E-state index is 0.0246. The summed E-state index contributed by atoms with van der Waals surface area (Å²) in [5.74, 6) is -2.77. The standard InChI is InChI=1S/C22H22F5N3O3S/c1-34(32,33)29-21-16-9-17(16)30(22(31)28-10-19(25)26)18(21)7-11-3-2-4-15(20(11)27)12-5-13(23)8-14(24)6-12/h2-6,8,16-19,21,29H,7,9-10H2,1H3,(H,28,31)/t16-,17+,18+,21+/m1/s1. The molecular formula is C22H22F5N3O3S. The summed E-state index contributed by atoms with van der Waals surface area (Å²) in [4.78, 5) is 14.0. The van der Waals surface area contributed by atoms with Crippen LogP contribution >= 0.6 is 0 Å². The molecule has 0 spiro atoms. The molecule has 4 rings (SSSR count). The number of fused-ring (bicyclic) bond motifs is 1. The van der Waals surface area contributed by atoms with Crippen LogP contribution in [-0.4, -0.2) is 56.7 Å². The fourth-order valence-electron chi connectivity index (χ4n) is 4.70. The number of nitrogens with zero attached hydrogens (tertiary/aromatic N) is 1. The van der Waals surface area contributed by atoms with E-state index < -0.39 is 58.6 Å². The van der Waals surface area contributed by atoms with Gasteiger partial charge in [-0.05, 0) is 42.0 Å². The van der Waals surface area contributed by atoms with Gasteiger partial charge in [0.15, 0.2) is 0 Å². The molecule has 2 N–H and O–H groups in total. The van der Waals surface area contributed by atoms with Gasteiger partial charge < -0.3 is 10.2 Å². The highest BCUT2D eigenvalue weighted by atomic mass is 32.2. The highest BCUT2D eigenvalue weighted by Crippen LogP contribution is 2.49. The van der Waals surface area contributed by atoms with E-state index in [-0.39, 0.29) is 35.1 Å². The highest BCUT2D eigenvalue weighted by Gasteiger charge is 2.60. The largest absolute Gasteiger partial charge is 0.332 e. The second-order valence-corrected chi connectivity index (χ2v) is 10.4. The Morgan fingerprint density at radius 2 is 1.82 bits per heavy atom. The summed E-state index contributed by atoms with van der Waals surface area (Å²) in [6.45, 7) is -0.876. The van der Waals surface area contributed by atoms with Crippen LogP contribution in [0.25, 0.3) is 11.1 Å². The summed E-state index contributed by atoms with van der Waals surface area (Å²) in [6.07, 6.45) is -1.47. The Kier molecular flexibility index (Phi) is 6.56. The molecule has 4 atom stereocenters. The molecule has 1 heterocycles. The molecule has 2 amide bonds. The quantitative estimate of drug-likeness (QED) is 0.570. The van der Waals surface area contributed by atoms with E-state index >= 15 is 4.39 Å². The second kappa shape index (κ2) is 9.14. The van der Waals surface area contributed by atoms with Gasteiger partial charge in [-0.25, -0.2) is 39.9 Å². The molecular weight excluding hydrogens is 481 g/mol. The van der Waals surface area contributed by atoms with Crippen LogP contribution < -0.4 is 10.0 Å². The molecule has 0 aromatic heterocycles. The van der Waals surface area contributed by atoms with E-state index in [1.807, 2.05) is 0 Å². The molecule has 0 radical (unpaired) electrons. The first-order valence-corrected chi connectivity index (χ1v) is 12.4. The van der Waals surface area contributed by atoms with E-state index in [2.05, 4.69) is 10.0 Å². The van der Waals surface area contributed by atoms with Crippen LogP contribution in [0.4, 0.5) is 26.7 Å². The van der Waals surface area contributed by atoms with Gasteiger partial charge in [0.2, 0.25) is 10.0 Å². The van der Waals surface area contributed by atoms with Gasteiger partial charge >= 0.3 is 6.03 Å². The Morgan fingerprint density at radius 3 is 2.44 bits per heavy atom. The summed E-state index contributed by atoms with van der Waals surface area (Å²) in [7, 11) is -3.69. The number of urea groups is 1. The molecule has 2 aromatic rings. The monoisotopic (exact) mass is 503 g/mol. The number of nitrogens with one attached hydrogen (secondary N) is 2. The van der Waals surface area contributed by atoms with E-state index in [1.54, 1.807) is 0 Å². The summed E-state index contributed by atoms with van der Waals surface area (Å²) >= 11 is 0. The average molecular weight is 503 g/mol. The molecule has 184 valence electrons. The maximum Gasteiger partial charge on any atom is 0.318 e. The Balaban J connectivity index is 1.67. The van der Waals surface area contributed by atoms with Gasteiger partial charge in [0, 0.05) is 23.7 Å². The molecule has 1 saturated heterocycles. The number of halogens is 5. The minimum atomic E-state index is -3.69. The number of rotatable bonds is 7. The number of benzene rings is 2. The Hall–Kier alpha value is -2.73. The third-order valence-electron chi connectivity index (χ3n) is 6.07. The number of alkyl halides is 2. The van der Waals surface area contributed by atoms with Crippen molar-refractivity contribution < 1.29 is 35.2 Å². The molecule has 1 saturated carbocycles. The third-order valence-corrected chi connectivity index (χ3v) is 6.77. The van der Waals surface area contributed by atoms with Gasteiger partial charge in [0.1, 0.15) is 17.5 Å². The SMILES string of the molecule is CS(=O)(=O)N[C@H]1[C@@H]2C[C@@H]2N(C(=O)NCC(F)F)[C@H]1Cc1cccc(-c2cc(F)cc(F)c2)c1F. The van der Waals surface area contributed by atoms with Crippen LogP contribution in [0.1, 0.15) is 12.0 Å². The lowest BCUT2D eigenvalue weighted by atomic mass is 9.94. The molecule has 6 nitrogen and oxygen atoms in total. The van der Waals surface area contributed by atoms with Crippen molar-refractivity contribution >= 4 is 16.1 Å². The number of hydrogen-bond acceptors (Lipinski definition) is 3. The van der Waals surface area contributed by atoms with Gasteiger partial charge in [-0.1, -0.05) is 18.2 Å². The van der Waals surface area contributed by atoms with Crippen molar-refractivity contribution in [2.24, 2.45) is 5.92 Å². The molecule has 12 heteroatoms. The zero-order valence-electron chi connectivity index (χ0n) is 17.9. The lowest BCUT2D eigenvalue weighted by molar-refractivity contribution is 0.134. The predicted octanol–water partition coefficient (Wildman–Crippen LogP) is 3.28. The maximum absolute atomic E-state index is 15.4. The van der Waals surface area contributed by atoms with Crippen molar-refractivity contribution in [1.82, 2.24) is 14.9 Å². The number of likely N-dealkylation sites (tertiary alicyclic amines) is 1. The molecule has 34 heavy (non-hydrogen) atoms. The highest BCUT2D eigenvalue weighted by molar-refractivity contribution is 7.88. The Morgan fingerprint density at radius 1 is 1.15 bits per heavy atom. The zero-order valence-corrected chi connectivity index (χ0v) is 18.8. The van der Waals surface area contributed by atoms with Crippen molar-refractivity contribution in [3.63, 3.8) is 0 Å². The van der Waals surface area contributed by atoms with Crippen molar-refractivity contribution in [2.75, 3.05) is 12.8 Å². The van der Waals surface area contributed by atoms with E-state index in [0.717, 1.165) is 18.4 Å². The summed E-state index contributed by atoms with van der Waals surface area (Å²) in [6, 6.07) is 4.10. The number of amides is 2. The molecule has 2 aliphatic rings. The fourth-order valence-corrected chi connectivity index (χ4v) is 5.53. The molecule has 0 unspecified atom stereocenters. The van der Waals surface area contributed by atoms with Gasteiger partial charge in [-0.15, -0.1) is 0 Å². The summed E-state index contributed by atoms with van der Waals surface area (Å²) in [5.41, 5.74) is -0.00993. The summed E-state index contributed by atoms with van der Waals surface area (Å²) in [5, 5.41) is 2.13. The topological polar surface area (TPSA) is 78.5 Å². The first-order valence-electron chi connectivity index (χ1n) is 10.5. The zero-order chi connectivity index (χ0) is 24.8. The van der Waals surface area contributed by atoms with E-state index in [1.165, 1.54) is 23.1 Å². The number of piperidine rings is 1. The number of carbonyl (C=O) groups excluding carboxylic acids is 1. The molecule has 2 aromatic carbocycles. The van der Waals surface area contributed by atoms with Gasteiger partial charge in [-0.2, -0.15) is 0 Å². The average Bonchev–Trinajstić information content (AvgIpc) is 3.44.